The second kappa shape index (κ2) is 5.24. The van der Waals surface area contributed by atoms with Gasteiger partial charge in [0.2, 0.25) is 3.79 Å². The molecule has 0 rings (SSSR count). The van der Waals surface area contributed by atoms with Crippen LogP contribution >= 0.6 is 22.6 Å². The molecule has 0 spiro atoms. The third kappa shape index (κ3) is 6.37. The number of halogens is 1. The average Bonchev–Trinajstić information content (AvgIpc) is 1.82. The van der Waals surface area contributed by atoms with Crippen LogP contribution in [0.4, 0.5) is 0 Å². The molecule has 0 saturated carbocycles. The molecule has 0 atom stereocenters. The van der Waals surface area contributed by atoms with Gasteiger partial charge < -0.3 is 0 Å². The van der Waals surface area contributed by atoms with E-state index >= 15 is 0 Å². The van der Waals surface area contributed by atoms with E-state index in [0.717, 1.165) is 0 Å². The van der Waals surface area contributed by atoms with Gasteiger partial charge in [-0.05, 0) is 28.0 Å². The summed E-state index contributed by atoms with van der Waals surface area (Å²) in [5.74, 6) is 14.3. The van der Waals surface area contributed by atoms with Crippen molar-refractivity contribution in [2.45, 2.75) is 3.79 Å². The lowest BCUT2D eigenvalue weighted by atomic mass is 11.0. The molecule has 0 aromatic carbocycles. The molecule has 0 amide bonds. The van der Waals surface area contributed by atoms with Gasteiger partial charge in [-0.2, -0.15) is 11.8 Å². The standard InChI is InChI=1S/CH11IN7O4/c2-1(3,4)8-9(5,12-10-6)13-11-7/h8H,3-7H2/q+1. The molecule has 0 bridgehead atoms. The molecule has 13 heavy (non-hydrogen) atoms. The van der Waals surface area contributed by atoms with Gasteiger partial charge in [-0.15, -0.1) is 0 Å². The molecule has 0 aliphatic rings. The van der Waals surface area contributed by atoms with Crippen LogP contribution in [0, 0.1) is 0 Å². The van der Waals surface area contributed by atoms with Crippen molar-refractivity contribution in [3.05, 3.63) is 0 Å². The van der Waals surface area contributed by atoms with Crippen LogP contribution in [0.1, 0.15) is 0 Å². The number of hydrogen-bond donors (Lipinski definition) is 6. The van der Waals surface area contributed by atoms with E-state index in [-0.39, 0.29) is 0 Å². The van der Waals surface area contributed by atoms with Crippen molar-refractivity contribution >= 4 is 22.6 Å². The molecule has 0 aliphatic heterocycles. The first kappa shape index (κ1) is 13.3. The SMILES string of the molecule is NOO[N+](N)(NC(N)(N)I)OON. The number of alkyl halides is 1. The Morgan fingerprint density at radius 3 is 1.77 bits per heavy atom. The van der Waals surface area contributed by atoms with Crippen LogP contribution < -0.4 is 34.5 Å². The second-order valence-corrected chi connectivity index (χ2v) is 3.60. The van der Waals surface area contributed by atoms with Crippen LogP contribution in [0.2, 0.25) is 0 Å². The minimum Gasteiger partial charge on any atom is -0.288 e. The van der Waals surface area contributed by atoms with Crippen molar-refractivity contribution < 1.29 is 25.0 Å². The first-order chi connectivity index (χ1) is 5.83. The Morgan fingerprint density at radius 2 is 1.54 bits per heavy atom. The Hall–Kier alpha value is 0.290. The normalized spacial score (nSPS) is 13.4. The largest absolute Gasteiger partial charge is 0.288 e. The predicted octanol–water partition coefficient (Wildman–Crippen LogP) is -3.38. The van der Waals surface area contributed by atoms with Gasteiger partial charge in [0.05, 0.1) is 9.98 Å². The number of nitrogens with zero attached hydrogens (tertiary/aromatic N) is 1. The van der Waals surface area contributed by atoms with E-state index in [2.05, 4.69) is 37.2 Å². The summed E-state index contributed by atoms with van der Waals surface area (Å²) in [5, 5.41) is -1.46. The number of rotatable bonds is 6. The zero-order valence-corrected chi connectivity index (χ0v) is 8.50. The van der Waals surface area contributed by atoms with Crippen LogP contribution in [0.25, 0.3) is 0 Å². The highest BCUT2D eigenvalue weighted by Crippen LogP contribution is 2.04. The molecule has 0 unspecified atom stereocenters. The third-order valence-corrected chi connectivity index (χ3v) is 0.876. The zero-order chi connectivity index (χ0) is 10.5. The molecule has 80 valence electrons. The van der Waals surface area contributed by atoms with Crippen LogP contribution in [-0.4, -0.2) is 8.82 Å². The minimum atomic E-state index is -1.47. The van der Waals surface area contributed by atoms with Gasteiger partial charge >= 0.3 is 0 Å². The average molecular weight is 312 g/mol. The summed E-state index contributed by atoms with van der Waals surface area (Å²) in [5.41, 5.74) is 12.7. The molecular formula is CH11IN7O4+. The molecule has 0 heterocycles. The summed E-state index contributed by atoms with van der Waals surface area (Å²) in [6.45, 7) is 0. The van der Waals surface area contributed by atoms with E-state index in [1.165, 1.54) is 0 Å². The van der Waals surface area contributed by atoms with E-state index in [1.807, 2.05) is 0 Å². The lowest BCUT2D eigenvalue weighted by Gasteiger charge is -2.25. The van der Waals surface area contributed by atoms with Crippen molar-refractivity contribution in [2.24, 2.45) is 29.1 Å². The highest BCUT2D eigenvalue weighted by molar-refractivity contribution is 14.1. The highest BCUT2D eigenvalue weighted by Gasteiger charge is 2.39. The van der Waals surface area contributed by atoms with E-state index < -0.39 is 8.82 Å². The quantitative estimate of drug-likeness (QED) is 0.0423. The van der Waals surface area contributed by atoms with Gasteiger partial charge in [-0.1, -0.05) is 15.8 Å². The van der Waals surface area contributed by atoms with E-state index in [4.69, 9.17) is 17.3 Å². The minimum absolute atomic E-state index is 1.46. The summed E-state index contributed by atoms with van der Waals surface area (Å²) in [6.07, 6.45) is 0. The predicted molar refractivity (Wildman–Crippen MR) is 45.4 cm³/mol. The lowest BCUT2D eigenvalue weighted by molar-refractivity contribution is -1.34. The fourth-order valence-corrected chi connectivity index (χ4v) is 0.753. The molecule has 11 N–H and O–H groups in total. The maximum absolute atomic E-state index is 5.29. The molecule has 0 aromatic rings. The van der Waals surface area contributed by atoms with Crippen LogP contribution in [0.3, 0.4) is 0 Å². The number of hydrogen-bond acceptors (Lipinski definition) is 10. The van der Waals surface area contributed by atoms with Gasteiger partial charge in [0.1, 0.15) is 0 Å². The fraction of sp³-hybridized carbons (Fsp3) is 1.00. The van der Waals surface area contributed by atoms with Gasteiger partial charge in [0.25, 0.3) is 0 Å². The zero-order valence-electron chi connectivity index (χ0n) is 6.34. The maximum atomic E-state index is 5.29. The third-order valence-electron chi connectivity index (χ3n) is 0.635. The highest BCUT2D eigenvalue weighted by atomic mass is 127. The Labute approximate surface area is 86.3 Å². The van der Waals surface area contributed by atoms with Crippen molar-refractivity contribution in [2.75, 3.05) is 0 Å². The van der Waals surface area contributed by atoms with E-state index in [1.54, 1.807) is 22.6 Å². The monoisotopic (exact) mass is 312 g/mol. The van der Waals surface area contributed by atoms with Crippen LogP contribution in [0.15, 0.2) is 0 Å². The summed E-state index contributed by atoms with van der Waals surface area (Å²) >= 11 is 1.58. The van der Waals surface area contributed by atoms with E-state index in [9.17, 15) is 0 Å². The molecule has 0 aliphatic carbocycles. The van der Waals surface area contributed by atoms with Crippen molar-refractivity contribution in [3.63, 3.8) is 0 Å². The summed E-state index contributed by atoms with van der Waals surface area (Å²) in [7, 11) is 0. The van der Waals surface area contributed by atoms with Crippen LogP contribution in [0.5, 0.6) is 0 Å². The van der Waals surface area contributed by atoms with E-state index in [0.29, 0.717) is 0 Å². The Kier molecular flexibility index (Phi) is 5.36. The molecule has 0 saturated heterocycles. The Bertz CT molecular complexity index is 142. The van der Waals surface area contributed by atoms with Gasteiger partial charge in [-0.25, -0.2) is 0 Å². The molecular weight excluding hydrogens is 301 g/mol. The molecule has 0 fully saturated rings. The number of nitrogens with one attached hydrogen (secondary N) is 1. The topological polar surface area (TPSA) is 179 Å². The van der Waals surface area contributed by atoms with Crippen LogP contribution in [-0.2, 0) is 20.0 Å². The maximum Gasteiger partial charge on any atom is 0.225 e. The summed E-state index contributed by atoms with van der Waals surface area (Å²) < 4.78 is -1.47. The first-order valence-corrected chi connectivity index (χ1v) is 3.75. The molecule has 0 aromatic heterocycles. The summed E-state index contributed by atoms with van der Waals surface area (Å²) in [4.78, 5) is 15.7. The van der Waals surface area contributed by atoms with Gasteiger partial charge in [0.15, 0.2) is 5.03 Å². The number of quaternary nitrogens is 1. The molecule has 0 radical (unpaired) electrons. The van der Waals surface area contributed by atoms with Crippen molar-refractivity contribution in [1.82, 2.24) is 5.43 Å². The fourth-order valence-electron chi connectivity index (χ4n) is 0.416. The van der Waals surface area contributed by atoms with Gasteiger partial charge in [-0.3, -0.25) is 11.5 Å². The van der Waals surface area contributed by atoms with Crippen molar-refractivity contribution in [3.8, 4) is 0 Å². The Balaban J connectivity index is 4.22. The molecule has 11 nitrogen and oxygen atoms in total. The molecule has 12 heteroatoms. The lowest BCUT2D eigenvalue weighted by Crippen LogP contribution is -2.73. The van der Waals surface area contributed by atoms with Crippen molar-refractivity contribution in [1.29, 1.82) is 0 Å². The first-order valence-electron chi connectivity index (χ1n) is 2.67. The smallest absolute Gasteiger partial charge is 0.225 e. The number of nitrogens with two attached hydrogens (primary N) is 5. The second-order valence-electron chi connectivity index (χ2n) is 1.82. The summed E-state index contributed by atoms with van der Waals surface area (Å²) in [6, 6.07) is 0. The Morgan fingerprint density at radius 1 is 1.15 bits per heavy atom. The van der Waals surface area contributed by atoms with Gasteiger partial charge in [0, 0.05) is 0 Å².